The molecule has 0 fully saturated rings. The van der Waals surface area contributed by atoms with Gasteiger partial charge in [-0.25, -0.2) is 0 Å². The number of aliphatic carboxylic acids is 2. The average molecular weight is 1040 g/mol. The van der Waals surface area contributed by atoms with Crippen molar-refractivity contribution < 1.29 is 49.0 Å². The first-order valence-electron chi connectivity index (χ1n) is 22.5. The highest BCUT2D eigenvalue weighted by Crippen LogP contribution is 2.35. The Balaban J connectivity index is 1.24. The number of carboxylic acid groups (broad SMARTS) is 2. The molecule has 20 heteroatoms. The molecule has 0 radical (unpaired) electrons. The standard InChI is InChI=1S/C54H48Cl2N8O10/c1-31-39(27-73-49-45(55)17-41(23-61-53(3,29-65)51(67)68)47(63-49)71-25-37-13-33(19-57)11-34(14-37)20-58)7-5-9-43(31)44-10-6-8-40(32(44)2)28-74-50-46(56)18-42(24-62-54(4,30-66)52(69)70)48(64-50)72-26-38-15-35(21-59)12-36(16-38)22-60/h5-18,61-62,65-66H,23-30H2,1-4H3,(H,67,68)(H,69,70). The van der Waals surface area contributed by atoms with Crippen LogP contribution in [0.3, 0.4) is 0 Å². The van der Waals surface area contributed by atoms with E-state index in [0.717, 1.165) is 33.4 Å². The maximum Gasteiger partial charge on any atom is 0.326 e. The Hall–Kier alpha value is -8.30. The number of nitrogens with zero attached hydrogens (tertiary/aromatic N) is 6. The lowest BCUT2D eigenvalue weighted by Crippen LogP contribution is -2.52. The van der Waals surface area contributed by atoms with Crippen LogP contribution >= 0.6 is 23.2 Å². The summed E-state index contributed by atoms with van der Waals surface area (Å²) in [5.41, 5.74) is 4.40. The summed E-state index contributed by atoms with van der Waals surface area (Å²) in [4.78, 5) is 33.0. The van der Waals surface area contributed by atoms with E-state index in [-0.39, 0.29) is 95.3 Å². The maximum atomic E-state index is 11.9. The molecule has 2 atom stereocenters. The molecule has 0 amide bonds. The van der Waals surface area contributed by atoms with E-state index in [4.69, 9.17) is 42.1 Å². The molecule has 0 aliphatic rings. The number of nitrogens with one attached hydrogen (secondary N) is 2. The Bertz CT molecular complexity index is 3010. The van der Waals surface area contributed by atoms with Crippen LogP contribution in [-0.2, 0) is 49.1 Å². The molecular weight excluding hydrogens is 992 g/mol. The molecule has 2 aromatic heterocycles. The van der Waals surface area contributed by atoms with Crippen molar-refractivity contribution in [1.29, 1.82) is 21.0 Å². The van der Waals surface area contributed by atoms with Crippen molar-refractivity contribution >= 4 is 35.1 Å². The molecule has 74 heavy (non-hydrogen) atoms. The molecule has 6 aromatic rings. The molecule has 0 spiro atoms. The number of ether oxygens (including phenoxy) is 4. The number of aromatic nitrogens is 2. The summed E-state index contributed by atoms with van der Waals surface area (Å²) in [6.07, 6.45) is 0. The average Bonchev–Trinajstić information content (AvgIpc) is 3.40. The summed E-state index contributed by atoms with van der Waals surface area (Å²) in [6.45, 7) is 4.63. The first kappa shape index (κ1) is 55.0. The lowest BCUT2D eigenvalue weighted by atomic mass is 9.92. The van der Waals surface area contributed by atoms with Gasteiger partial charge >= 0.3 is 11.9 Å². The van der Waals surface area contributed by atoms with Gasteiger partial charge in [0.15, 0.2) is 0 Å². The van der Waals surface area contributed by atoms with Gasteiger partial charge in [-0.2, -0.15) is 31.0 Å². The predicted molar refractivity (Wildman–Crippen MR) is 269 cm³/mol. The minimum absolute atomic E-state index is 0.00699. The van der Waals surface area contributed by atoms with Crippen LogP contribution in [0.15, 0.2) is 84.9 Å². The van der Waals surface area contributed by atoms with E-state index in [0.29, 0.717) is 22.3 Å². The van der Waals surface area contributed by atoms with Gasteiger partial charge in [0.2, 0.25) is 23.5 Å². The van der Waals surface area contributed by atoms with Gasteiger partial charge in [-0.05, 0) is 121 Å². The molecule has 18 nitrogen and oxygen atoms in total. The first-order chi connectivity index (χ1) is 35.4. The second kappa shape index (κ2) is 24.4. The van der Waals surface area contributed by atoms with E-state index < -0.39 is 36.2 Å². The largest absolute Gasteiger partial charge is 0.480 e. The monoisotopic (exact) mass is 1040 g/mol. The number of benzene rings is 4. The molecule has 0 saturated heterocycles. The highest BCUT2D eigenvalue weighted by Gasteiger charge is 2.33. The van der Waals surface area contributed by atoms with Gasteiger partial charge in [0.1, 0.15) is 47.6 Å². The topological polar surface area (TPSA) is 297 Å². The van der Waals surface area contributed by atoms with E-state index >= 15 is 0 Å². The van der Waals surface area contributed by atoms with Gasteiger partial charge in [-0.15, -0.1) is 0 Å². The molecule has 2 heterocycles. The number of halogens is 2. The van der Waals surface area contributed by atoms with Crippen molar-refractivity contribution in [1.82, 2.24) is 20.6 Å². The minimum Gasteiger partial charge on any atom is -0.480 e. The zero-order chi connectivity index (χ0) is 53.7. The van der Waals surface area contributed by atoms with Crippen molar-refractivity contribution in [2.24, 2.45) is 0 Å². The molecule has 4 aromatic carbocycles. The third-order valence-electron chi connectivity index (χ3n) is 12.0. The van der Waals surface area contributed by atoms with Gasteiger partial charge in [0, 0.05) is 24.2 Å². The van der Waals surface area contributed by atoms with Crippen LogP contribution < -0.4 is 29.6 Å². The van der Waals surface area contributed by atoms with Crippen LogP contribution in [0.1, 0.15) is 80.6 Å². The fourth-order valence-electron chi connectivity index (χ4n) is 7.34. The summed E-state index contributed by atoms with van der Waals surface area (Å²) in [6, 6.07) is 31.7. The third-order valence-corrected chi connectivity index (χ3v) is 12.6. The van der Waals surface area contributed by atoms with Crippen LogP contribution in [-0.4, -0.2) is 66.6 Å². The van der Waals surface area contributed by atoms with E-state index in [1.807, 2.05) is 74.5 Å². The molecule has 6 rings (SSSR count). The lowest BCUT2D eigenvalue weighted by Gasteiger charge is -2.24. The number of aliphatic hydroxyl groups excluding tert-OH is 2. The smallest absolute Gasteiger partial charge is 0.326 e. The molecule has 0 saturated carbocycles. The summed E-state index contributed by atoms with van der Waals surface area (Å²) in [5, 5.41) is 83.0. The van der Waals surface area contributed by atoms with Gasteiger partial charge < -0.3 is 39.4 Å². The zero-order valence-corrected chi connectivity index (χ0v) is 41.9. The minimum atomic E-state index is -1.71. The summed E-state index contributed by atoms with van der Waals surface area (Å²) >= 11 is 13.5. The maximum absolute atomic E-state index is 11.9. The Labute approximate surface area is 436 Å². The molecular formula is C54H48Cl2N8O10. The van der Waals surface area contributed by atoms with E-state index in [1.165, 1.54) is 38.1 Å². The number of carboxylic acids is 2. The SMILES string of the molecule is Cc1c(COc2nc(OCc3cc(C#N)cc(C#N)c3)c(CNC(C)(CO)C(=O)O)cc2Cl)cccc1-c1cccc(COc2nc(OCc3cc(C#N)cc(C#N)c3)c(CNC(C)(CO)C(=O)O)cc2Cl)c1C. The molecule has 6 N–H and O–H groups in total. The number of hydrogen-bond acceptors (Lipinski definition) is 16. The Kier molecular flexibility index (Phi) is 18.2. The second-order valence-electron chi connectivity index (χ2n) is 17.4. The molecule has 0 bridgehead atoms. The van der Waals surface area contributed by atoms with E-state index in [9.17, 15) is 51.1 Å². The van der Waals surface area contributed by atoms with Crippen molar-refractivity contribution in [3.63, 3.8) is 0 Å². The molecule has 2 unspecified atom stereocenters. The Morgan fingerprint density at radius 1 is 0.541 bits per heavy atom. The number of carbonyl (C=O) groups is 2. The van der Waals surface area contributed by atoms with Gasteiger partial charge in [0.25, 0.3) is 0 Å². The first-order valence-corrected chi connectivity index (χ1v) is 23.3. The predicted octanol–water partition coefficient (Wildman–Crippen LogP) is 7.72. The summed E-state index contributed by atoms with van der Waals surface area (Å²) in [7, 11) is 0. The highest BCUT2D eigenvalue weighted by atomic mass is 35.5. The molecule has 0 aliphatic heterocycles. The summed E-state index contributed by atoms with van der Waals surface area (Å²) in [5.74, 6) is -2.51. The van der Waals surface area contributed by atoms with Crippen molar-refractivity contribution in [2.75, 3.05) is 13.2 Å². The quantitative estimate of drug-likeness (QED) is 0.0358. The molecule has 378 valence electrons. The van der Waals surface area contributed by atoms with E-state index in [1.54, 1.807) is 24.3 Å². The fraction of sp³-hybridized carbons (Fsp3) is 0.259. The summed E-state index contributed by atoms with van der Waals surface area (Å²) < 4.78 is 24.6. The number of hydrogen-bond donors (Lipinski definition) is 6. The van der Waals surface area contributed by atoms with Crippen LogP contribution in [0.5, 0.6) is 23.5 Å². The Morgan fingerprint density at radius 3 is 1.19 bits per heavy atom. The van der Waals surface area contributed by atoms with Gasteiger partial charge in [-0.3, -0.25) is 20.2 Å². The van der Waals surface area contributed by atoms with Crippen LogP contribution in [0.4, 0.5) is 0 Å². The van der Waals surface area contributed by atoms with Gasteiger partial charge in [-0.1, -0.05) is 59.6 Å². The third kappa shape index (κ3) is 13.2. The van der Waals surface area contributed by atoms with Gasteiger partial charge in [0.05, 0.1) is 59.7 Å². The van der Waals surface area contributed by atoms with E-state index in [2.05, 4.69) is 20.6 Å². The number of rotatable bonds is 23. The van der Waals surface area contributed by atoms with Crippen LogP contribution in [0, 0.1) is 59.2 Å². The van der Waals surface area contributed by atoms with Crippen molar-refractivity contribution in [3.8, 4) is 58.9 Å². The number of nitriles is 4. The van der Waals surface area contributed by atoms with Crippen molar-refractivity contribution in [2.45, 2.75) is 78.3 Å². The normalized spacial score (nSPS) is 12.4. The van der Waals surface area contributed by atoms with Crippen LogP contribution in [0.25, 0.3) is 11.1 Å². The van der Waals surface area contributed by atoms with Crippen molar-refractivity contribution in [3.05, 3.63) is 162 Å². The molecule has 0 aliphatic carbocycles. The highest BCUT2D eigenvalue weighted by molar-refractivity contribution is 6.32. The zero-order valence-electron chi connectivity index (χ0n) is 40.4. The Morgan fingerprint density at radius 2 is 0.878 bits per heavy atom. The number of pyridine rings is 2. The number of aliphatic hydroxyl groups is 2. The fourth-order valence-corrected chi connectivity index (χ4v) is 7.80. The second-order valence-corrected chi connectivity index (χ2v) is 18.2. The lowest BCUT2D eigenvalue weighted by molar-refractivity contribution is -0.146. The van der Waals surface area contributed by atoms with Crippen LogP contribution in [0.2, 0.25) is 10.0 Å².